The van der Waals surface area contributed by atoms with Crippen molar-refractivity contribution in [3.05, 3.63) is 71.3 Å². The first-order chi connectivity index (χ1) is 13.6. The minimum Gasteiger partial charge on any atom is -0.369 e. The maximum Gasteiger partial charge on any atom is 0.0992 e. The van der Waals surface area contributed by atoms with E-state index in [1.54, 1.807) is 18.7 Å². The summed E-state index contributed by atoms with van der Waals surface area (Å²) in [7, 11) is 0. The molecule has 0 aliphatic rings. The van der Waals surface area contributed by atoms with Crippen LogP contribution in [0, 0.1) is 6.92 Å². The van der Waals surface area contributed by atoms with Crippen molar-refractivity contribution in [1.29, 1.82) is 0 Å². The third-order valence-electron chi connectivity index (χ3n) is 4.31. The Morgan fingerprint density at radius 1 is 1.11 bits per heavy atom. The Morgan fingerprint density at radius 2 is 1.89 bits per heavy atom. The predicted octanol–water partition coefficient (Wildman–Crippen LogP) is 5.87. The van der Waals surface area contributed by atoms with E-state index in [1.807, 2.05) is 48.0 Å². The number of hydrogen-bond donors (Lipinski definition) is 0. The number of halogens is 3. The summed E-state index contributed by atoms with van der Waals surface area (Å²) in [4.78, 5) is 10.9. The second kappa shape index (κ2) is 9.97. The second-order valence-corrected chi connectivity index (χ2v) is 7.45. The highest BCUT2D eigenvalue weighted by Gasteiger charge is 2.08. The molecule has 1 aromatic heterocycles. The Balaban J connectivity index is 1.88. The van der Waals surface area contributed by atoms with Gasteiger partial charge in [0.25, 0.3) is 0 Å². The highest BCUT2D eigenvalue weighted by atomic mass is 35.5. The van der Waals surface area contributed by atoms with Gasteiger partial charge in [-0.2, -0.15) is 0 Å². The summed E-state index contributed by atoms with van der Waals surface area (Å²) in [6, 6.07) is 12.0. The maximum atomic E-state index is 6.51. The van der Waals surface area contributed by atoms with Crippen molar-refractivity contribution in [1.82, 2.24) is 9.55 Å². The molecule has 3 rings (SSSR count). The van der Waals surface area contributed by atoms with Crippen LogP contribution in [0.25, 0.3) is 5.69 Å². The smallest absolute Gasteiger partial charge is 0.0992 e. The molecule has 4 nitrogen and oxygen atoms in total. The zero-order valence-electron chi connectivity index (χ0n) is 15.5. The number of aliphatic imine (C=N–C) groups is 1. The van der Waals surface area contributed by atoms with Gasteiger partial charge in [0.2, 0.25) is 0 Å². The number of aryl methyl sites for hydroxylation is 1. The molecule has 0 aliphatic carbocycles. The van der Waals surface area contributed by atoms with Crippen molar-refractivity contribution in [2.75, 3.05) is 29.7 Å². The van der Waals surface area contributed by atoms with Crippen LogP contribution in [0.15, 0.2) is 60.1 Å². The van der Waals surface area contributed by atoms with E-state index in [0.717, 1.165) is 41.3 Å². The molecule has 0 aliphatic heterocycles. The van der Waals surface area contributed by atoms with Crippen LogP contribution >= 0.6 is 34.8 Å². The first-order valence-electron chi connectivity index (χ1n) is 8.92. The maximum absolute atomic E-state index is 6.51. The molecule has 3 aromatic rings. The van der Waals surface area contributed by atoms with Crippen LogP contribution < -0.4 is 4.90 Å². The van der Waals surface area contributed by atoms with Gasteiger partial charge in [-0.05, 0) is 42.8 Å². The standard InChI is InChI=1S/C21H21Cl3N4/c1-16-2-5-21(28-11-8-25-15-28)20(12-16)26-14-17-3-4-18(13-19(17)24)27(9-6-22)10-7-23/h2-5,8,11-15H,6-7,9-10H2,1H3. The van der Waals surface area contributed by atoms with Crippen molar-refractivity contribution >= 4 is 52.4 Å². The van der Waals surface area contributed by atoms with Gasteiger partial charge in [-0.3, -0.25) is 4.99 Å². The van der Waals surface area contributed by atoms with Crippen molar-refractivity contribution in [3.63, 3.8) is 0 Å². The largest absolute Gasteiger partial charge is 0.369 e. The van der Waals surface area contributed by atoms with Crippen molar-refractivity contribution in [2.45, 2.75) is 6.92 Å². The molecular formula is C21H21Cl3N4. The van der Waals surface area contributed by atoms with Crippen LogP contribution in [0.2, 0.25) is 5.02 Å². The Labute approximate surface area is 180 Å². The molecule has 0 amide bonds. The number of nitrogens with zero attached hydrogens (tertiary/aromatic N) is 4. The van der Waals surface area contributed by atoms with E-state index in [-0.39, 0.29) is 0 Å². The lowest BCUT2D eigenvalue weighted by Crippen LogP contribution is -2.27. The fraction of sp³-hybridized carbons (Fsp3) is 0.238. The average Bonchev–Trinajstić information content (AvgIpc) is 3.21. The van der Waals surface area contributed by atoms with Crippen molar-refractivity contribution in [3.8, 4) is 5.69 Å². The molecule has 146 valence electrons. The van der Waals surface area contributed by atoms with E-state index in [1.165, 1.54) is 0 Å². The number of benzene rings is 2. The molecule has 2 aromatic carbocycles. The molecule has 0 bridgehead atoms. The summed E-state index contributed by atoms with van der Waals surface area (Å²) >= 11 is 18.3. The molecule has 0 spiro atoms. The summed E-state index contributed by atoms with van der Waals surface area (Å²) in [6.45, 7) is 3.48. The zero-order chi connectivity index (χ0) is 19.9. The lowest BCUT2D eigenvalue weighted by molar-refractivity contribution is 0.874. The molecule has 28 heavy (non-hydrogen) atoms. The number of anilines is 1. The van der Waals surface area contributed by atoms with E-state index in [0.29, 0.717) is 16.8 Å². The third kappa shape index (κ3) is 5.07. The Kier molecular flexibility index (Phi) is 7.37. The predicted molar refractivity (Wildman–Crippen MR) is 121 cm³/mol. The molecule has 0 N–H and O–H groups in total. The average molecular weight is 436 g/mol. The van der Waals surface area contributed by atoms with E-state index in [9.17, 15) is 0 Å². The summed E-state index contributed by atoms with van der Waals surface area (Å²) in [5.41, 5.74) is 4.79. The first kappa shape index (κ1) is 20.7. The molecule has 0 saturated carbocycles. The van der Waals surface area contributed by atoms with Crippen molar-refractivity contribution < 1.29 is 0 Å². The molecule has 0 unspecified atom stereocenters. The Morgan fingerprint density at radius 3 is 2.54 bits per heavy atom. The topological polar surface area (TPSA) is 33.4 Å². The van der Waals surface area contributed by atoms with Crippen LogP contribution in [-0.4, -0.2) is 40.6 Å². The number of rotatable bonds is 8. The van der Waals surface area contributed by atoms with Gasteiger partial charge in [0, 0.05) is 54.7 Å². The van der Waals surface area contributed by atoms with Crippen LogP contribution in [0.4, 0.5) is 11.4 Å². The van der Waals surface area contributed by atoms with Crippen LogP contribution in [0.1, 0.15) is 11.1 Å². The summed E-state index contributed by atoms with van der Waals surface area (Å²) in [5.74, 6) is 1.06. The van der Waals surface area contributed by atoms with E-state index >= 15 is 0 Å². The number of hydrogen-bond acceptors (Lipinski definition) is 3. The minimum atomic E-state index is 0.530. The van der Waals surface area contributed by atoms with Crippen molar-refractivity contribution in [2.24, 2.45) is 4.99 Å². The highest BCUT2D eigenvalue weighted by molar-refractivity contribution is 6.33. The summed E-state index contributed by atoms with van der Waals surface area (Å²) < 4.78 is 1.94. The monoisotopic (exact) mass is 434 g/mol. The summed E-state index contributed by atoms with van der Waals surface area (Å²) in [5, 5.41) is 0.632. The number of aromatic nitrogens is 2. The van der Waals surface area contributed by atoms with E-state index in [4.69, 9.17) is 34.8 Å². The lowest BCUT2D eigenvalue weighted by atomic mass is 10.1. The molecule has 0 atom stereocenters. The fourth-order valence-corrected chi connectivity index (χ4v) is 3.52. The Bertz CT molecular complexity index is 933. The quantitative estimate of drug-likeness (QED) is 0.327. The fourth-order valence-electron chi connectivity index (χ4n) is 2.89. The van der Waals surface area contributed by atoms with Gasteiger partial charge in [0.15, 0.2) is 0 Å². The first-order valence-corrected chi connectivity index (χ1v) is 10.4. The molecule has 0 fully saturated rings. The third-order valence-corrected chi connectivity index (χ3v) is 4.98. The van der Waals surface area contributed by atoms with Gasteiger partial charge in [0.05, 0.1) is 22.7 Å². The molecule has 0 radical (unpaired) electrons. The van der Waals surface area contributed by atoms with Gasteiger partial charge in [0.1, 0.15) is 0 Å². The Hall–Kier alpha value is -2.01. The SMILES string of the molecule is Cc1ccc(-n2ccnc2)c(N=Cc2ccc(N(CCCl)CCCl)cc2Cl)c1. The van der Waals surface area contributed by atoms with Gasteiger partial charge >= 0.3 is 0 Å². The van der Waals surface area contributed by atoms with Crippen LogP contribution in [0.5, 0.6) is 0 Å². The summed E-state index contributed by atoms with van der Waals surface area (Å²) in [6.07, 6.45) is 7.19. The van der Waals surface area contributed by atoms with E-state index < -0.39 is 0 Å². The second-order valence-electron chi connectivity index (χ2n) is 6.29. The van der Waals surface area contributed by atoms with Gasteiger partial charge in [-0.1, -0.05) is 17.7 Å². The van der Waals surface area contributed by atoms with Gasteiger partial charge in [-0.15, -0.1) is 23.2 Å². The molecule has 7 heteroatoms. The van der Waals surface area contributed by atoms with Crippen LogP contribution in [-0.2, 0) is 0 Å². The minimum absolute atomic E-state index is 0.530. The normalized spacial score (nSPS) is 11.3. The van der Waals surface area contributed by atoms with E-state index in [2.05, 4.69) is 20.9 Å². The van der Waals surface area contributed by atoms with Crippen LogP contribution in [0.3, 0.4) is 0 Å². The highest BCUT2D eigenvalue weighted by Crippen LogP contribution is 2.27. The van der Waals surface area contributed by atoms with Gasteiger partial charge < -0.3 is 9.47 Å². The molecule has 1 heterocycles. The number of alkyl halides is 2. The molecule has 0 saturated heterocycles. The van der Waals surface area contributed by atoms with Gasteiger partial charge in [-0.25, -0.2) is 4.98 Å². The number of imidazole rings is 1. The molecular weight excluding hydrogens is 415 g/mol. The zero-order valence-corrected chi connectivity index (χ0v) is 17.8. The lowest BCUT2D eigenvalue weighted by Gasteiger charge is -2.23.